The van der Waals surface area contributed by atoms with Gasteiger partial charge in [-0.05, 0) is 13.8 Å². The SMILES string of the molecule is Cc1c[nH]c(=O)n1[C@@H](C)C(=O)O. The molecule has 0 aromatic carbocycles. The lowest BCUT2D eigenvalue weighted by Crippen LogP contribution is -2.26. The number of aryl methyl sites for hydroxylation is 1. The lowest BCUT2D eigenvalue weighted by Gasteiger charge is -2.07. The smallest absolute Gasteiger partial charge is 0.326 e. The largest absolute Gasteiger partial charge is 0.480 e. The number of imidazole rings is 1. The number of aromatic amines is 1. The number of nitrogens with zero attached hydrogens (tertiary/aromatic N) is 1. The maximum absolute atomic E-state index is 11.0. The summed E-state index contributed by atoms with van der Waals surface area (Å²) in [5, 5.41) is 8.63. The van der Waals surface area contributed by atoms with Gasteiger partial charge in [-0.3, -0.25) is 4.57 Å². The molecule has 1 atom stereocenters. The second-order valence-electron chi connectivity index (χ2n) is 2.62. The molecule has 1 aromatic rings. The Bertz CT molecular complexity index is 350. The third-order valence-corrected chi connectivity index (χ3v) is 1.75. The Hall–Kier alpha value is -1.52. The molecule has 0 spiro atoms. The van der Waals surface area contributed by atoms with Crippen molar-refractivity contribution < 1.29 is 9.90 Å². The lowest BCUT2D eigenvalue weighted by molar-refractivity contribution is -0.140. The molecule has 0 aliphatic rings. The van der Waals surface area contributed by atoms with Crippen LogP contribution in [0, 0.1) is 6.92 Å². The third kappa shape index (κ3) is 1.25. The first kappa shape index (κ1) is 8.58. The minimum absolute atomic E-state index is 0.387. The number of aliphatic carboxylic acids is 1. The van der Waals surface area contributed by atoms with Gasteiger partial charge in [-0.1, -0.05) is 0 Å². The first-order valence-corrected chi connectivity index (χ1v) is 3.53. The van der Waals surface area contributed by atoms with Crippen molar-refractivity contribution in [3.63, 3.8) is 0 Å². The summed E-state index contributed by atoms with van der Waals surface area (Å²) in [4.78, 5) is 24.0. The zero-order valence-corrected chi connectivity index (χ0v) is 6.87. The van der Waals surface area contributed by atoms with E-state index >= 15 is 0 Å². The number of H-pyrrole nitrogens is 1. The van der Waals surface area contributed by atoms with E-state index in [0.717, 1.165) is 0 Å². The Morgan fingerprint density at radius 2 is 2.33 bits per heavy atom. The lowest BCUT2D eigenvalue weighted by atomic mass is 10.3. The number of nitrogens with one attached hydrogen (secondary N) is 1. The van der Waals surface area contributed by atoms with Crippen LogP contribution in [0.1, 0.15) is 18.7 Å². The molecule has 5 heteroatoms. The molecule has 0 saturated heterocycles. The van der Waals surface area contributed by atoms with Crippen molar-refractivity contribution in [3.8, 4) is 0 Å². The molecular weight excluding hydrogens is 160 g/mol. The molecule has 66 valence electrons. The van der Waals surface area contributed by atoms with E-state index < -0.39 is 12.0 Å². The van der Waals surface area contributed by atoms with E-state index in [0.29, 0.717) is 5.69 Å². The highest BCUT2D eigenvalue weighted by atomic mass is 16.4. The van der Waals surface area contributed by atoms with E-state index in [2.05, 4.69) is 4.98 Å². The Labute approximate surface area is 68.6 Å². The summed E-state index contributed by atoms with van der Waals surface area (Å²) in [5.41, 5.74) is 0.234. The van der Waals surface area contributed by atoms with Crippen molar-refractivity contribution in [2.75, 3.05) is 0 Å². The second-order valence-corrected chi connectivity index (χ2v) is 2.62. The van der Waals surface area contributed by atoms with Crippen molar-refractivity contribution in [2.45, 2.75) is 19.9 Å². The molecule has 0 aliphatic carbocycles. The van der Waals surface area contributed by atoms with Crippen LogP contribution in [-0.2, 0) is 4.79 Å². The van der Waals surface area contributed by atoms with E-state index in [-0.39, 0.29) is 5.69 Å². The molecule has 0 aliphatic heterocycles. The van der Waals surface area contributed by atoms with Crippen molar-refractivity contribution >= 4 is 5.97 Å². The quantitative estimate of drug-likeness (QED) is 0.662. The molecule has 0 bridgehead atoms. The Kier molecular flexibility index (Phi) is 2.03. The predicted molar refractivity (Wildman–Crippen MR) is 42.1 cm³/mol. The summed E-state index contributed by atoms with van der Waals surface area (Å²) in [7, 11) is 0. The van der Waals surface area contributed by atoms with Gasteiger partial charge in [-0.25, -0.2) is 9.59 Å². The first-order chi connectivity index (χ1) is 5.54. The fourth-order valence-electron chi connectivity index (χ4n) is 1.06. The molecule has 0 amide bonds. The number of carboxylic acid groups (broad SMARTS) is 1. The fourth-order valence-corrected chi connectivity index (χ4v) is 1.06. The van der Waals surface area contributed by atoms with Crippen molar-refractivity contribution in [1.29, 1.82) is 0 Å². The van der Waals surface area contributed by atoms with Gasteiger partial charge >= 0.3 is 11.7 Å². The molecule has 1 rings (SSSR count). The van der Waals surface area contributed by atoms with Gasteiger partial charge in [0.15, 0.2) is 0 Å². The first-order valence-electron chi connectivity index (χ1n) is 3.53. The van der Waals surface area contributed by atoms with Gasteiger partial charge in [0.05, 0.1) is 0 Å². The average molecular weight is 170 g/mol. The Balaban J connectivity index is 3.18. The van der Waals surface area contributed by atoms with Crippen LogP contribution in [-0.4, -0.2) is 20.6 Å². The number of carbonyl (C=O) groups is 1. The molecule has 12 heavy (non-hydrogen) atoms. The molecule has 5 nitrogen and oxygen atoms in total. The number of hydrogen-bond donors (Lipinski definition) is 2. The summed E-state index contributed by atoms with van der Waals surface area (Å²) in [6.45, 7) is 3.14. The van der Waals surface area contributed by atoms with Gasteiger partial charge in [-0.15, -0.1) is 0 Å². The van der Waals surface area contributed by atoms with Crippen LogP contribution >= 0.6 is 0 Å². The van der Waals surface area contributed by atoms with Gasteiger partial charge in [-0.2, -0.15) is 0 Å². The topological polar surface area (TPSA) is 75.1 Å². The minimum atomic E-state index is -1.01. The maximum Gasteiger partial charge on any atom is 0.326 e. The average Bonchev–Trinajstić information content (AvgIpc) is 2.30. The summed E-state index contributed by atoms with van der Waals surface area (Å²) >= 11 is 0. The standard InChI is InChI=1S/C7H10N2O3/c1-4-3-8-7(12)9(4)5(2)6(10)11/h3,5H,1-2H3,(H,8,12)(H,10,11)/t5-/m0/s1. The van der Waals surface area contributed by atoms with Gasteiger partial charge in [0, 0.05) is 11.9 Å². The summed E-state index contributed by atoms with van der Waals surface area (Å²) in [6.07, 6.45) is 1.49. The summed E-state index contributed by atoms with van der Waals surface area (Å²) in [5.74, 6) is -1.01. The summed E-state index contributed by atoms with van der Waals surface area (Å²) < 4.78 is 1.20. The zero-order valence-electron chi connectivity index (χ0n) is 6.87. The minimum Gasteiger partial charge on any atom is -0.480 e. The molecule has 2 N–H and O–H groups in total. The molecule has 0 fully saturated rings. The molecule has 0 radical (unpaired) electrons. The van der Waals surface area contributed by atoms with Crippen molar-refractivity contribution in [3.05, 3.63) is 22.4 Å². The summed E-state index contributed by atoms with van der Waals surface area (Å²) in [6, 6.07) is -0.816. The highest BCUT2D eigenvalue weighted by Crippen LogP contribution is 2.04. The van der Waals surface area contributed by atoms with Crippen LogP contribution in [0.3, 0.4) is 0 Å². The number of aromatic nitrogens is 2. The van der Waals surface area contributed by atoms with Crippen LogP contribution < -0.4 is 5.69 Å². The van der Waals surface area contributed by atoms with Crippen molar-refractivity contribution in [2.24, 2.45) is 0 Å². The van der Waals surface area contributed by atoms with E-state index in [1.165, 1.54) is 17.7 Å². The highest BCUT2D eigenvalue weighted by Gasteiger charge is 2.16. The fraction of sp³-hybridized carbons (Fsp3) is 0.429. The predicted octanol–water partition coefficient (Wildman–Crippen LogP) is 0.130. The number of carboxylic acids is 1. The molecule has 0 unspecified atom stereocenters. The second kappa shape index (κ2) is 2.84. The van der Waals surface area contributed by atoms with Crippen LogP contribution in [0.25, 0.3) is 0 Å². The van der Waals surface area contributed by atoms with Gasteiger partial charge in [0.25, 0.3) is 0 Å². The number of rotatable bonds is 2. The third-order valence-electron chi connectivity index (χ3n) is 1.75. The molecular formula is C7H10N2O3. The Morgan fingerprint density at radius 3 is 2.67 bits per heavy atom. The molecule has 1 heterocycles. The number of hydrogen-bond acceptors (Lipinski definition) is 2. The van der Waals surface area contributed by atoms with Crippen LogP contribution in [0.15, 0.2) is 11.0 Å². The van der Waals surface area contributed by atoms with Crippen LogP contribution in [0.5, 0.6) is 0 Å². The maximum atomic E-state index is 11.0. The van der Waals surface area contributed by atoms with Crippen molar-refractivity contribution in [1.82, 2.24) is 9.55 Å². The van der Waals surface area contributed by atoms with E-state index in [4.69, 9.17) is 5.11 Å². The zero-order chi connectivity index (χ0) is 9.30. The highest BCUT2D eigenvalue weighted by molar-refractivity contribution is 5.71. The van der Waals surface area contributed by atoms with Crippen LogP contribution in [0.4, 0.5) is 0 Å². The normalized spacial score (nSPS) is 12.8. The molecule has 0 saturated carbocycles. The van der Waals surface area contributed by atoms with Gasteiger partial charge in [0.2, 0.25) is 0 Å². The monoisotopic (exact) mass is 170 g/mol. The van der Waals surface area contributed by atoms with E-state index in [1.54, 1.807) is 6.92 Å². The molecule has 1 aromatic heterocycles. The van der Waals surface area contributed by atoms with Gasteiger partial charge in [0.1, 0.15) is 6.04 Å². The van der Waals surface area contributed by atoms with Crippen LogP contribution in [0.2, 0.25) is 0 Å². The Morgan fingerprint density at radius 1 is 1.75 bits per heavy atom. The van der Waals surface area contributed by atoms with E-state index in [1.807, 2.05) is 0 Å². The van der Waals surface area contributed by atoms with E-state index in [9.17, 15) is 9.59 Å². The van der Waals surface area contributed by atoms with Gasteiger partial charge < -0.3 is 10.1 Å².